The number of carbonyl (C=O) groups is 1. The van der Waals surface area contributed by atoms with Gasteiger partial charge in [0.1, 0.15) is 0 Å². The monoisotopic (exact) mass is 212 g/mol. The van der Waals surface area contributed by atoms with Gasteiger partial charge in [0, 0.05) is 0 Å². The molecular weight excluding hydrogens is 192 g/mol. The molecule has 86 valence electrons. The van der Waals surface area contributed by atoms with Crippen LogP contribution in [-0.4, -0.2) is 31.0 Å². The van der Waals surface area contributed by atoms with E-state index in [-0.39, 0.29) is 17.6 Å². The van der Waals surface area contributed by atoms with Gasteiger partial charge in [0.05, 0.1) is 19.0 Å². The molecule has 0 aromatic rings. The third-order valence-corrected chi connectivity index (χ3v) is 2.92. The van der Waals surface area contributed by atoms with Gasteiger partial charge in [-0.15, -0.1) is 0 Å². The van der Waals surface area contributed by atoms with Gasteiger partial charge in [-0.1, -0.05) is 26.7 Å². The first-order chi connectivity index (χ1) is 7.20. The lowest BCUT2D eigenvalue weighted by molar-refractivity contribution is -0.143. The molecule has 0 saturated heterocycles. The molecule has 0 aromatic heterocycles. The first-order valence-corrected chi connectivity index (χ1v) is 5.57. The molecule has 0 saturated carbocycles. The lowest BCUT2D eigenvalue weighted by atomic mass is 9.82. The van der Waals surface area contributed by atoms with Crippen LogP contribution in [-0.2, 0) is 9.53 Å². The van der Waals surface area contributed by atoms with Crippen molar-refractivity contribution in [2.75, 3.05) is 7.11 Å². The maximum atomic E-state index is 11.6. The average molecular weight is 212 g/mol. The van der Waals surface area contributed by atoms with Gasteiger partial charge < -0.3 is 10.1 Å². The molecule has 4 heteroatoms. The molecule has 1 rings (SSSR count). The minimum Gasteiger partial charge on any atom is -0.467 e. The molecule has 4 nitrogen and oxygen atoms in total. The summed E-state index contributed by atoms with van der Waals surface area (Å²) in [5.74, 6) is -0.238. The number of hydrogen-bond donors (Lipinski definition) is 1. The maximum absolute atomic E-state index is 11.6. The van der Waals surface area contributed by atoms with Gasteiger partial charge in [-0.05, 0) is 12.8 Å². The predicted octanol–water partition coefficient (Wildman–Crippen LogP) is 1.50. The van der Waals surface area contributed by atoms with Gasteiger partial charge in [-0.25, -0.2) is 4.79 Å². The maximum Gasteiger partial charge on any atom is 0.333 e. The third-order valence-electron chi connectivity index (χ3n) is 2.92. The molecule has 0 aromatic carbocycles. The number of hydrogen-bond acceptors (Lipinski definition) is 4. The molecule has 1 heterocycles. The molecule has 1 unspecified atom stereocenters. The van der Waals surface area contributed by atoms with Crippen molar-refractivity contribution in [3.8, 4) is 0 Å². The quantitative estimate of drug-likeness (QED) is 0.703. The first kappa shape index (κ1) is 12.0. The van der Waals surface area contributed by atoms with E-state index in [4.69, 9.17) is 4.74 Å². The summed E-state index contributed by atoms with van der Waals surface area (Å²) in [6, 6.07) is -0.373. The van der Waals surface area contributed by atoms with E-state index in [1.54, 1.807) is 6.34 Å². The van der Waals surface area contributed by atoms with E-state index >= 15 is 0 Å². The van der Waals surface area contributed by atoms with Crippen molar-refractivity contribution in [2.24, 2.45) is 4.99 Å². The number of aliphatic imine (C=N–C) groups is 1. The highest BCUT2D eigenvalue weighted by atomic mass is 16.5. The molecule has 15 heavy (non-hydrogen) atoms. The van der Waals surface area contributed by atoms with E-state index in [1.807, 2.05) is 0 Å². The normalized spacial score (nSPS) is 22.5. The zero-order chi connectivity index (χ0) is 11.3. The molecule has 0 amide bonds. The number of nitrogens with one attached hydrogen (secondary N) is 1. The lowest BCUT2D eigenvalue weighted by Gasteiger charge is -2.32. The summed E-state index contributed by atoms with van der Waals surface area (Å²) in [6.07, 6.45) is 5.60. The Morgan fingerprint density at radius 1 is 1.47 bits per heavy atom. The first-order valence-electron chi connectivity index (χ1n) is 5.57. The fourth-order valence-electron chi connectivity index (χ4n) is 2.30. The van der Waals surface area contributed by atoms with Crippen LogP contribution in [0.4, 0.5) is 0 Å². The molecular formula is C11H20N2O2. The predicted molar refractivity (Wildman–Crippen MR) is 60.0 cm³/mol. The molecule has 1 aliphatic heterocycles. The van der Waals surface area contributed by atoms with Crippen LogP contribution >= 0.6 is 0 Å². The van der Waals surface area contributed by atoms with Gasteiger partial charge in [-0.3, -0.25) is 4.99 Å². The molecule has 0 aliphatic carbocycles. The van der Waals surface area contributed by atoms with Crippen LogP contribution < -0.4 is 5.32 Å². The van der Waals surface area contributed by atoms with Crippen LogP contribution in [0, 0.1) is 0 Å². The summed E-state index contributed by atoms with van der Waals surface area (Å²) in [4.78, 5) is 15.8. The van der Waals surface area contributed by atoms with Crippen LogP contribution in [0.5, 0.6) is 0 Å². The molecule has 1 atom stereocenters. The Hall–Kier alpha value is -1.06. The number of methoxy groups -OCH3 is 1. The van der Waals surface area contributed by atoms with Crippen molar-refractivity contribution in [1.29, 1.82) is 0 Å². The van der Waals surface area contributed by atoms with Crippen molar-refractivity contribution in [1.82, 2.24) is 5.32 Å². The summed E-state index contributed by atoms with van der Waals surface area (Å²) >= 11 is 0. The highest BCUT2D eigenvalue weighted by Crippen LogP contribution is 2.29. The summed E-state index contributed by atoms with van der Waals surface area (Å²) in [5, 5.41) is 3.24. The van der Waals surface area contributed by atoms with Crippen LogP contribution in [0.15, 0.2) is 4.99 Å². The van der Waals surface area contributed by atoms with E-state index < -0.39 is 0 Å². The van der Waals surface area contributed by atoms with E-state index in [0.717, 1.165) is 25.7 Å². The minimum atomic E-state index is -0.373. The number of ether oxygens (including phenoxy) is 1. The Morgan fingerprint density at radius 2 is 2.07 bits per heavy atom. The molecule has 1 N–H and O–H groups in total. The Kier molecular flexibility index (Phi) is 4.12. The molecule has 0 fully saturated rings. The Balaban J connectivity index is 2.81. The van der Waals surface area contributed by atoms with Crippen LogP contribution in [0.1, 0.15) is 39.5 Å². The average Bonchev–Trinajstić information content (AvgIpc) is 2.62. The Morgan fingerprint density at radius 3 is 2.53 bits per heavy atom. The number of rotatable bonds is 5. The Labute approximate surface area is 91.1 Å². The zero-order valence-electron chi connectivity index (χ0n) is 9.75. The molecule has 0 radical (unpaired) electrons. The molecule has 1 aliphatic rings. The van der Waals surface area contributed by atoms with Gasteiger partial charge in [0.2, 0.25) is 0 Å². The number of carbonyl (C=O) groups excluding carboxylic acids is 1. The number of nitrogens with zero attached hydrogens (tertiary/aromatic N) is 1. The van der Waals surface area contributed by atoms with Gasteiger partial charge >= 0.3 is 5.97 Å². The summed E-state index contributed by atoms with van der Waals surface area (Å²) < 4.78 is 4.79. The molecule has 0 bridgehead atoms. The lowest BCUT2D eigenvalue weighted by Crippen LogP contribution is -2.52. The van der Waals surface area contributed by atoms with Crippen LogP contribution in [0.25, 0.3) is 0 Å². The minimum absolute atomic E-state index is 0.212. The summed E-state index contributed by atoms with van der Waals surface area (Å²) in [6.45, 7) is 4.23. The van der Waals surface area contributed by atoms with E-state index in [9.17, 15) is 4.79 Å². The van der Waals surface area contributed by atoms with Crippen molar-refractivity contribution in [3.05, 3.63) is 0 Å². The van der Waals surface area contributed by atoms with Gasteiger partial charge in [-0.2, -0.15) is 0 Å². The van der Waals surface area contributed by atoms with Crippen LogP contribution in [0.3, 0.4) is 0 Å². The fourth-order valence-corrected chi connectivity index (χ4v) is 2.30. The fraction of sp³-hybridized carbons (Fsp3) is 0.818. The van der Waals surface area contributed by atoms with Crippen molar-refractivity contribution in [2.45, 2.75) is 51.1 Å². The highest BCUT2D eigenvalue weighted by Gasteiger charge is 2.44. The summed E-state index contributed by atoms with van der Waals surface area (Å²) in [5.41, 5.74) is -0.212. The number of esters is 1. The van der Waals surface area contributed by atoms with E-state index in [1.165, 1.54) is 7.11 Å². The molecule has 0 spiro atoms. The standard InChI is InChI=1S/C11H20N2O2/c1-4-6-11(7-5-2)9(10(14)15-3)12-8-13-11/h8-9H,4-7H2,1-3H3,(H,12,13). The van der Waals surface area contributed by atoms with Crippen LogP contribution in [0.2, 0.25) is 0 Å². The van der Waals surface area contributed by atoms with Crippen molar-refractivity contribution >= 4 is 12.3 Å². The second-order valence-corrected chi connectivity index (χ2v) is 4.00. The topological polar surface area (TPSA) is 50.7 Å². The largest absolute Gasteiger partial charge is 0.467 e. The second-order valence-electron chi connectivity index (χ2n) is 4.00. The summed E-state index contributed by atoms with van der Waals surface area (Å²) in [7, 11) is 1.42. The zero-order valence-corrected chi connectivity index (χ0v) is 9.75. The van der Waals surface area contributed by atoms with E-state index in [2.05, 4.69) is 24.2 Å². The van der Waals surface area contributed by atoms with Gasteiger partial charge in [0.15, 0.2) is 6.04 Å². The van der Waals surface area contributed by atoms with Crippen molar-refractivity contribution in [3.63, 3.8) is 0 Å². The van der Waals surface area contributed by atoms with Crippen molar-refractivity contribution < 1.29 is 9.53 Å². The smallest absolute Gasteiger partial charge is 0.333 e. The second kappa shape index (κ2) is 5.14. The Bertz CT molecular complexity index is 245. The van der Waals surface area contributed by atoms with E-state index in [0.29, 0.717) is 0 Å². The third kappa shape index (κ3) is 2.30. The SMILES string of the molecule is CCCC1(CCC)NC=NC1C(=O)OC. The van der Waals surface area contributed by atoms with Gasteiger partial charge in [0.25, 0.3) is 0 Å². The highest BCUT2D eigenvalue weighted by molar-refractivity contribution is 5.82.